The van der Waals surface area contributed by atoms with Gasteiger partial charge in [0, 0.05) is 6.04 Å². The minimum Gasteiger partial charge on any atom is -0.324 e. The molecular formula is C20H25N. The zero-order valence-electron chi connectivity index (χ0n) is 12.9. The highest BCUT2D eigenvalue weighted by atomic mass is 14.7. The summed E-state index contributed by atoms with van der Waals surface area (Å²) >= 11 is 0. The van der Waals surface area contributed by atoms with E-state index in [0.717, 1.165) is 12.8 Å². The van der Waals surface area contributed by atoms with Crippen LogP contribution in [-0.4, -0.2) is 0 Å². The van der Waals surface area contributed by atoms with Gasteiger partial charge >= 0.3 is 0 Å². The average Bonchev–Trinajstić information content (AvgIpc) is 2.69. The Morgan fingerprint density at radius 1 is 1.00 bits per heavy atom. The fraction of sp³-hybridized carbons (Fsp3) is 0.400. The van der Waals surface area contributed by atoms with Crippen LogP contribution in [0.3, 0.4) is 0 Å². The normalized spacial score (nSPS) is 21.6. The van der Waals surface area contributed by atoms with Crippen LogP contribution in [0.4, 0.5) is 0 Å². The lowest BCUT2D eigenvalue weighted by atomic mass is 9.86. The first-order valence-corrected chi connectivity index (χ1v) is 8.19. The molecule has 1 nitrogen and oxygen atoms in total. The molecule has 2 aromatic rings. The maximum Gasteiger partial charge on any atom is 0.0329 e. The zero-order valence-corrected chi connectivity index (χ0v) is 12.9. The van der Waals surface area contributed by atoms with Gasteiger partial charge in [0.2, 0.25) is 0 Å². The van der Waals surface area contributed by atoms with Crippen LogP contribution in [0.15, 0.2) is 48.5 Å². The standard InChI is InChI=1S/C20H25N/c1-2-15-10-12-16(13-11-15)14-18-8-5-7-17-6-3-4-9-19(17)20(18)21/h3-4,6,9-13,18,20H,2,5,7-8,14,21H2,1H3. The summed E-state index contributed by atoms with van der Waals surface area (Å²) in [4.78, 5) is 0. The molecule has 1 aliphatic rings. The summed E-state index contributed by atoms with van der Waals surface area (Å²) in [5.41, 5.74) is 12.2. The molecule has 0 fully saturated rings. The summed E-state index contributed by atoms with van der Waals surface area (Å²) in [6.07, 6.45) is 5.86. The van der Waals surface area contributed by atoms with Crippen molar-refractivity contribution in [3.8, 4) is 0 Å². The lowest BCUT2D eigenvalue weighted by molar-refractivity contribution is 0.402. The van der Waals surface area contributed by atoms with E-state index >= 15 is 0 Å². The first-order valence-electron chi connectivity index (χ1n) is 8.19. The largest absolute Gasteiger partial charge is 0.324 e. The Balaban J connectivity index is 1.78. The van der Waals surface area contributed by atoms with Gasteiger partial charge in [-0.15, -0.1) is 0 Å². The van der Waals surface area contributed by atoms with Crippen molar-refractivity contribution in [2.75, 3.05) is 0 Å². The molecule has 0 radical (unpaired) electrons. The van der Waals surface area contributed by atoms with Gasteiger partial charge in [0.15, 0.2) is 0 Å². The van der Waals surface area contributed by atoms with Gasteiger partial charge in [-0.2, -0.15) is 0 Å². The molecule has 0 amide bonds. The molecule has 0 aliphatic heterocycles. The minimum atomic E-state index is 0.176. The number of rotatable bonds is 3. The monoisotopic (exact) mass is 279 g/mol. The van der Waals surface area contributed by atoms with Gasteiger partial charge in [-0.25, -0.2) is 0 Å². The number of aryl methyl sites for hydroxylation is 2. The van der Waals surface area contributed by atoms with Crippen molar-refractivity contribution in [2.45, 2.75) is 45.1 Å². The second-order valence-corrected chi connectivity index (χ2v) is 6.25. The van der Waals surface area contributed by atoms with Gasteiger partial charge in [-0.05, 0) is 60.3 Å². The Morgan fingerprint density at radius 2 is 1.71 bits per heavy atom. The van der Waals surface area contributed by atoms with Crippen LogP contribution >= 0.6 is 0 Å². The molecule has 110 valence electrons. The summed E-state index contributed by atoms with van der Waals surface area (Å²) in [6.45, 7) is 2.20. The van der Waals surface area contributed by atoms with Crippen molar-refractivity contribution in [1.82, 2.24) is 0 Å². The zero-order chi connectivity index (χ0) is 14.7. The van der Waals surface area contributed by atoms with E-state index in [4.69, 9.17) is 5.73 Å². The lowest BCUT2D eigenvalue weighted by Gasteiger charge is -2.23. The predicted molar refractivity (Wildman–Crippen MR) is 89.3 cm³/mol. The molecule has 2 N–H and O–H groups in total. The van der Waals surface area contributed by atoms with Gasteiger partial charge in [0.05, 0.1) is 0 Å². The number of benzene rings is 2. The maximum atomic E-state index is 6.59. The summed E-state index contributed by atoms with van der Waals surface area (Å²) < 4.78 is 0. The van der Waals surface area contributed by atoms with Crippen LogP contribution in [0.2, 0.25) is 0 Å². The predicted octanol–water partition coefficient (Wildman–Crippen LogP) is 4.44. The second kappa shape index (κ2) is 6.44. The quantitative estimate of drug-likeness (QED) is 0.826. The van der Waals surface area contributed by atoms with E-state index < -0.39 is 0 Å². The lowest BCUT2D eigenvalue weighted by Crippen LogP contribution is -2.22. The highest BCUT2D eigenvalue weighted by Gasteiger charge is 2.24. The average molecular weight is 279 g/mol. The molecule has 3 rings (SSSR count). The highest BCUT2D eigenvalue weighted by molar-refractivity contribution is 5.32. The second-order valence-electron chi connectivity index (χ2n) is 6.25. The fourth-order valence-corrected chi connectivity index (χ4v) is 3.52. The minimum absolute atomic E-state index is 0.176. The van der Waals surface area contributed by atoms with Crippen molar-refractivity contribution >= 4 is 0 Å². The first-order chi connectivity index (χ1) is 10.3. The third-order valence-corrected chi connectivity index (χ3v) is 4.87. The van der Waals surface area contributed by atoms with Crippen LogP contribution in [0.1, 0.15) is 48.1 Å². The van der Waals surface area contributed by atoms with Gasteiger partial charge < -0.3 is 5.73 Å². The molecule has 21 heavy (non-hydrogen) atoms. The summed E-state index contributed by atoms with van der Waals surface area (Å²) in [5.74, 6) is 0.557. The van der Waals surface area contributed by atoms with E-state index in [1.165, 1.54) is 41.5 Å². The van der Waals surface area contributed by atoms with Crippen LogP contribution < -0.4 is 5.73 Å². The smallest absolute Gasteiger partial charge is 0.0329 e. The van der Waals surface area contributed by atoms with E-state index in [0.29, 0.717) is 5.92 Å². The van der Waals surface area contributed by atoms with Gasteiger partial charge in [-0.1, -0.05) is 55.5 Å². The van der Waals surface area contributed by atoms with Crippen LogP contribution in [-0.2, 0) is 19.3 Å². The Kier molecular flexibility index (Phi) is 4.40. The molecule has 0 heterocycles. The van der Waals surface area contributed by atoms with Crippen molar-refractivity contribution in [2.24, 2.45) is 11.7 Å². The summed E-state index contributed by atoms with van der Waals surface area (Å²) in [6, 6.07) is 18.0. The highest BCUT2D eigenvalue weighted by Crippen LogP contribution is 2.33. The molecule has 2 aromatic carbocycles. The number of hydrogen-bond acceptors (Lipinski definition) is 1. The third kappa shape index (κ3) is 3.19. The Hall–Kier alpha value is -1.60. The van der Waals surface area contributed by atoms with E-state index in [9.17, 15) is 0 Å². The third-order valence-electron chi connectivity index (χ3n) is 4.87. The molecule has 0 saturated heterocycles. The molecule has 0 bridgehead atoms. The number of fused-ring (bicyclic) bond motifs is 1. The van der Waals surface area contributed by atoms with Crippen LogP contribution in [0, 0.1) is 5.92 Å². The van der Waals surface area contributed by atoms with Gasteiger partial charge in [-0.3, -0.25) is 0 Å². The molecule has 0 spiro atoms. The molecule has 1 heteroatoms. The number of hydrogen-bond donors (Lipinski definition) is 1. The van der Waals surface area contributed by atoms with E-state index in [1.54, 1.807) is 0 Å². The van der Waals surface area contributed by atoms with E-state index in [2.05, 4.69) is 55.5 Å². The SMILES string of the molecule is CCc1ccc(CC2CCCc3ccccc3C2N)cc1. The van der Waals surface area contributed by atoms with Crippen molar-refractivity contribution in [3.05, 3.63) is 70.8 Å². The van der Waals surface area contributed by atoms with Gasteiger partial charge in [0.25, 0.3) is 0 Å². The molecule has 0 saturated carbocycles. The Morgan fingerprint density at radius 3 is 2.48 bits per heavy atom. The maximum absolute atomic E-state index is 6.59. The summed E-state index contributed by atoms with van der Waals surface area (Å²) in [5, 5.41) is 0. The van der Waals surface area contributed by atoms with Crippen LogP contribution in [0.25, 0.3) is 0 Å². The molecular weight excluding hydrogens is 254 g/mol. The van der Waals surface area contributed by atoms with Crippen molar-refractivity contribution in [3.63, 3.8) is 0 Å². The Bertz CT molecular complexity index is 585. The van der Waals surface area contributed by atoms with Gasteiger partial charge in [0.1, 0.15) is 0 Å². The molecule has 2 atom stereocenters. The molecule has 2 unspecified atom stereocenters. The first kappa shape index (κ1) is 14.3. The van der Waals surface area contributed by atoms with E-state index in [1.807, 2.05) is 0 Å². The fourth-order valence-electron chi connectivity index (χ4n) is 3.52. The van der Waals surface area contributed by atoms with Crippen molar-refractivity contribution < 1.29 is 0 Å². The summed E-state index contributed by atoms with van der Waals surface area (Å²) in [7, 11) is 0. The molecule has 1 aliphatic carbocycles. The van der Waals surface area contributed by atoms with E-state index in [-0.39, 0.29) is 6.04 Å². The molecule has 0 aromatic heterocycles. The van der Waals surface area contributed by atoms with Crippen molar-refractivity contribution in [1.29, 1.82) is 0 Å². The number of nitrogens with two attached hydrogens (primary N) is 1. The topological polar surface area (TPSA) is 26.0 Å². The Labute approximate surface area is 128 Å². The van der Waals surface area contributed by atoms with Crippen LogP contribution in [0.5, 0.6) is 0 Å².